The number of anilines is 4. The number of fused-ring (bicyclic) bond motifs is 8. The van der Waals surface area contributed by atoms with Crippen molar-refractivity contribution in [1.29, 1.82) is 0 Å². The summed E-state index contributed by atoms with van der Waals surface area (Å²) in [6.45, 7) is 21.9. The number of nitrogens with zero attached hydrogens (tertiary/aromatic N) is 16. The van der Waals surface area contributed by atoms with E-state index in [1.807, 2.05) is 130 Å². The van der Waals surface area contributed by atoms with Gasteiger partial charge in [0, 0.05) is 28.8 Å². The molecule has 28 nitrogen and oxygen atoms in total. The Labute approximate surface area is 704 Å². The topological polar surface area (TPSA) is 354 Å². The SMILES string of the molecule is CCC(Nc1ncnc2nc[nH]c12)c1cc2cccc(C)c2c(=O)n1-c1c(F)cccc1F.CCC(Nc1ncnc2nc[nH]c12)c1cc2cccc(C)c2c(=O)n1C(C)C.Cc1cccc(C)c1-n1c(CNc2ncnc3nc[nH]c23)cc2cccc(C)c2c1=O.Cc1cccc2cc(C(C)Nc3ncnc4nc[nH]c34)n(-c3c(F)cccc3F)c(=O)c12. The number of pyridine rings is 4. The van der Waals surface area contributed by atoms with Crippen LogP contribution < -0.4 is 43.5 Å². The molecule has 0 saturated carbocycles. The van der Waals surface area contributed by atoms with Gasteiger partial charge in [-0.1, -0.05) is 117 Å². The largest absolute Gasteiger partial charge is 0.363 e. The number of aromatic nitrogens is 20. The molecule has 0 saturated heterocycles. The summed E-state index contributed by atoms with van der Waals surface area (Å²) >= 11 is 0. The van der Waals surface area contributed by atoms with Crippen molar-refractivity contribution in [3.63, 3.8) is 0 Å². The third-order valence-corrected chi connectivity index (χ3v) is 22.0. The number of para-hydroxylation sites is 3. The fourth-order valence-electron chi connectivity index (χ4n) is 16.1. The Kier molecular flexibility index (Phi) is 23.0. The molecule has 3 unspecified atom stereocenters. The highest BCUT2D eigenvalue weighted by molar-refractivity contribution is 5.91. The fraction of sp³-hybridized carbons (Fsp3) is 0.196. The van der Waals surface area contributed by atoms with Gasteiger partial charge in [-0.15, -0.1) is 0 Å². The van der Waals surface area contributed by atoms with Crippen molar-refractivity contribution in [1.82, 2.24) is 98.0 Å². The lowest BCUT2D eigenvalue weighted by molar-refractivity contribution is 0.528. The van der Waals surface area contributed by atoms with E-state index in [9.17, 15) is 36.7 Å². The number of nitrogens with one attached hydrogen (secondary N) is 8. The Morgan fingerprint density at radius 3 is 1.08 bits per heavy atom. The lowest BCUT2D eigenvalue weighted by atomic mass is 10.0. The molecule has 0 bridgehead atoms. The van der Waals surface area contributed by atoms with Gasteiger partial charge in [-0.3, -0.25) is 32.9 Å². The third-order valence-electron chi connectivity index (χ3n) is 22.0. The van der Waals surface area contributed by atoms with E-state index in [0.29, 0.717) is 103 Å². The standard InChI is InChI=1S/C24H20F2N6O.C24H22N6O.C23H18F2N6O.C21H24N6O/c1-3-17(31-23-20-22(28-11-27-20)29-12-30-23)18-10-14-7-4-6-13(2)19(14)24(33)32(18)21-15(25)8-5-9-16(21)26;1-14-6-5-9-17-10-18(11-25-22-20-23(27-12-26-20)29-13-28-22)30(24(31)19(14)17)21-15(2)7-4-8-16(21)3;1-12-5-3-6-14-9-17(13(2)30-22-19-21(27-10-26-19)28-11-29-22)31(23(32)18(12)14)20-15(24)7-4-8-16(20)25;1-5-15(26-20-18-19(23-10-22-18)24-11-25-20)16-9-14-8-6-7-13(4)17(14)21(28)27(16)12(2)3/h4-12,17H,3H2,1-2H3,(H2,27,28,29,30,31);4-10,12-13H,11H2,1-3H3,(H2,25,26,27,28,29);3-11,13H,1-2H3,(H2,26,27,28,29,30);6-12,15H,5H2,1-4H3,(H2,22,23,24,25,26). The molecular formula is C92H84F4N24O4. The zero-order valence-electron chi connectivity index (χ0n) is 69.3. The van der Waals surface area contributed by atoms with Crippen LogP contribution in [0.2, 0.25) is 0 Å². The zero-order chi connectivity index (χ0) is 86.9. The molecule has 7 aromatic carbocycles. The van der Waals surface area contributed by atoms with Crippen LogP contribution in [0.3, 0.4) is 0 Å². The van der Waals surface area contributed by atoms with E-state index in [2.05, 4.69) is 120 Å². The molecule has 0 aliphatic carbocycles. The minimum Gasteiger partial charge on any atom is -0.363 e. The van der Waals surface area contributed by atoms with Gasteiger partial charge in [0.25, 0.3) is 22.2 Å². The average Bonchev–Trinajstić information content (AvgIpc) is 1.01. The van der Waals surface area contributed by atoms with Crippen LogP contribution in [0.5, 0.6) is 0 Å². The number of rotatable bonds is 18. The Hall–Kier alpha value is -15.5. The summed E-state index contributed by atoms with van der Waals surface area (Å²) < 4.78 is 65.4. The molecule has 0 spiro atoms. The minimum atomic E-state index is -0.827. The van der Waals surface area contributed by atoms with E-state index in [0.717, 1.165) is 123 Å². The quantitative estimate of drug-likeness (QED) is 0.0370. The normalized spacial score (nSPS) is 12.2. The second kappa shape index (κ2) is 34.7. The first-order valence-electron chi connectivity index (χ1n) is 40.1. The molecule has 3 atom stereocenters. The summed E-state index contributed by atoms with van der Waals surface area (Å²) in [4.78, 5) is 117. The van der Waals surface area contributed by atoms with E-state index in [1.54, 1.807) is 63.8 Å². The van der Waals surface area contributed by atoms with Crippen molar-refractivity contribution < 1.29 is 17.6 Å². The molecule has 32 heteroatoms. The van der Waals surface area contributed by atoms with Crippen LogP contribution in [0.1, 0.15) is 128 Å². The van der Waals surface area contributed by atoms with Gasteiger partial charge in [0.2, 0.25) is 0 Å². The molecule has 8 N–H and O–H groups in total. The van der Waals surface area contributed by atoms with E-state index >= 15 is 0 Å². The number of hydrogen-bond acceptors (Lipinski definition) is 20. The van der Waals surface area contributed by atoms with Crippen LogP contribution >= 0.6 is 0 Å². The van der Waals surface area contributed by atoms with Gasteiger partial charge in [-0.25, -0.2) is 77.4 Å². The predicted octanol–water partition coefficient (Wildman–Crippen LogP) is 17.5. The fourth-order valence-corrected chi connectivity index (χ4v) is 16.1. The van der Waals surface area contributed by atoms with Crippen LogP contribution in [0.4, 0.5) is 40.8 Å². The second-order valence-corrected chi connectivity index (χ2v) is 30.3. The van der Waals surface area contributed by atoms with Crippen LogP contribution in [0.15, 0.2) is 221 Å². The van der Waals surface area contributed by atoms with Crippen molar-refractivity contribution in [2.75, 3.05) is 21.3 Å². The highest BCUT2D eigenvalue weighted by atomic mass is 19.1. The van der Waals surface area contributed by atoms with Gasteiger partial charge in [0.05, 0.1) is 77.2 Å². The molecular weight excluding hydrogens is 1580 g/mol. The number of hydrogen-bond donors (Lipinski definition) is 8. The average molecular weight is 1670 g/mol. The molecule has 0 aliphatic heterocycles. The molecule has 19 aromatic rings. The predicted molar refractivity (Wildman–Crippen MR) is 475 cm³/mol. The highest BCUT2D eigenvalue weighted by Crippen LogP contribution is 2.35. The summed E-state index contributed by atoms with van der Waals surface area (Å²) in [6.07, 6.45) is 13.2. The number of imidazole rings is 4. The third kappa shape index (κ3) is 15.6. The van der Waals surface area contributed by atoms with Gasteiger partial charge in [-0.2, -0.15) is 0 Å². The Morgan fingerprint density at radius 2 is 0.669 bits per heavy atom. The maximum atomic E-state index is 14.9. The zero-order valence-corrected chi connectivity index (χ0v) is 69.3. The number of aryl methyl sites for hydroxylation is 6. The van der Waals surface area contributed by atoms with Crippen molar-refractivity contribution in [3.8, 4) is 17.1 Å². The molecule has 0 radical (unpaired) electrons. The maximum absolute atomic E-state index is 14.9. The number of halogens is 4. The number of aromatic amines is 4. The van der Waals surface area contributed by atoms with Crippen LogP contribution in [-0.4, -0.2) is 98.0 Å². The lowest BCUT2D eigenvalue weighted by Gasteiger charge is -2.25. The Morgan fingerprint density at radius 1 is 0.347 bits per heavy atom. The summed E-state index contributed by atoms with van der Waals surface area (Å²) in [5.74, 6) is -1.04. The smallest absolute Gasteiger partial charge is 0.263 e. The van der Waals surface area contributed by atoms with Gasteiger partial charge in [-0.05, 0) is 179 Å². The number of benzene rings is 7. The first kappa shape index (κ1) is 82.2. The monoisotopic (exact) mass is 1660 g/mol. The van der Waals surface area contributed by atoms with Crippen LogP contribution in [-0.2, 0) is 6.54 Å². The van der Waals surface area contributed by atoms with Crippen molar-refractivity contribution >= 4 is 111 Å². The first-order valence-corrected chi connectivity index (χ1v) is 40.1. The molecule has 624 valence electrons. The molecule has 0 fully saturated rings. The summed E-state index contributed by atoms with van der Waals surface area (Å²) in [5.41, 5.74) is 12.1. The molecule has 0 aliphatic rings. The van der Waals surface area contributed by atoms with Gasteiger partial charge in [0.15, 0.2) is 45.9 Å². The molecule has 0 amide bonds. The van der Waals surface area contributed by atoms with Crippen molar-refractivity contribution in [2.24, 2.45) is 0 Å². The Balaban J connectivity index is 0.000000122. The molecule has 12 heterocycles. The molecule has 124 heavy (non-hydrogen) atoms. The first-order chi connectivity index (χ1) is 60.0. The van der Waals surface area contributed by atoms with Crippen LogP contribution in [0, 0.1) is 64.8 Å². The van der Waals surface area contributed by atoms with E-state index in [4.69, 9.17) is 0 Å². The number of H-pyrrole nitrogens is 4. The Bertz CT molecular complexity index is 7520. The van der Waals surface area contributed by atoms with Crippen molar-refractivity contribution in [2.45, 2.75) is 120 Å². The van der Waals surface area contributed by atoms with E-state index in [1.165, 1.54) is 50.1 Å². The molecule has 12 aromatic heterocycles. The second-order valence-electron chi connectivity index (χ2n) is 30.3. The van der Waals surface area contributed by atoms with Crippen molar-refractivity contribution in [3.05, 3.63) is 323 Å². The molecule has 19 rings (SSSR count). The van der Waals surface area contributed by atoms with Crippen LogP contribution in [0.25, 0.3) is 105 Å². The summed E-state index contributed by atoms with van der Waals surface area (Å²) in [7, 11) is 0. The van der Waals surface area contributed by atoms with E-state index in [-0.39, 0.29) is 23.2 Å². The lowest BCUT2D eigenvalue weighted by Crippen LogP contribution is -2.29. The highest BCUT2D eigenvalue weighted by Gasteiger charge is 2.28. The summed E-state index contributed by atoms with van der Waals surface area (Å²) in [5, 5.41) is 19.0. The maximum Gasteiger partial charge on any atom is 0.263 e. The minimum absolute atomic E-state index is 0.0147. The van der Waals surface area contributed by atoms with Gasteiger partial charge < -0.3 is 45.8 Å². The van der Waals surface area contributed by atoms with Gasteiger partial charge >= 0.3 is 0 Å². The van der Waals surface area contributed by atoms with Gasteiger partial charge in [0.1, 0.15) is 82.0 Å². The van der Waals surface area contributed by atoms with E-state index < -0.39 is 57.8 Å². The summed E-state index contributed by atoms with van der Waals surface area (Å²) in [6, 6.07) is 42.7.